The highest BCUT2D eigenvalue weighted by molar-refractivity contribution is 9.10. The molecule has 0 fully saturated rings. The number of nitrogens with zero attached hydrogens (tertiary/aromatic N) is 1. The summed E-state index contributed by atoms with van der Waals surface area (Å²) in [5.74, 6) is 0. The van der Waals surface area contributed by atoms with Crippen LogP contribution in [0.5, 0.6) is 0 Å². The molecule has 15 heavy (non-hydrogen) atoms. The average molecular weight is 271 g/mol. The Kier molecular flexibility index (Phi) is 5.29. The van der Waals surface area contributed by atoms with Gasteiger partial charge in [-0.25, -0.2) is 0 Å². The summed E-state index contributed by atoms with van der Waals surface area (Å²) in [6.45, 7) is 5.21. The number of hydrogen-bond acceptors (Lipinski definition) is 2. The molecule has 3 heteroatoms. The van der Waals surface area contributed by atoms with Crippen LogP contribution in [0.3, 0.4) is 0 Å². The van der Waals surface area contributed by atoms with Gasteiger partial charge in [0.2, 0.25) is 0 Å². The minimum atomic E-state index is 0.990. The second-order valence-electron chi connectivity index (χ2n) is 3.89. The first-order valence-electron chi connectivity index (χ1n) is 5.22. The Morgan fingerprint density at radius 2 is 2.13 bits per heavy atom. The number of benzene rings is 1. The summed E-state index contributed by atoms with van der Waals surface area (Å²) in [5, 5.41) is 3.16. The van der Waals surface area contributed by atoms with Crippen molar-refractivity contribution in [1.29, 1.82) is 0 Å². The van der Waals surface area contributed by atoms with Crippen LogP contribution >= 0.6 is 15.9 Å². The van der Waals surface area contributed by atoms with Crippen molar-refractivity contribution in [2.45, 2.75) is 13.5 Å². The fourth-order valence-corrected chi connectivity index (χ4v) is 1.89. The number of likely N-dealkylation sites (N-methyl/N-ethyl adjacent to an activating group) is 2. The third-order valence-electron chi connectivity index (χ3n) is 2.46. The topological polar surface area (TPSA) is 15.3 Å². The van der Waals surface area contributed by atoms with E-state index in [0.29, 0.717) is 0 Å². The molecular formula is C12H19BrN2. The molecule has 1 rings (SSSR count). The van der Waals surface area contributed by atoms with Gasteiger partial charge in [0.15, 0.2) is 0 Å². The van der Waals surface area contributed by atoms with Crippen LogP contribution in [0.1, 0.15) is 11.1 Å². The van der Waals surface area contributed by atoms with E-state index in [9.17, 15) is 0 Å². The fraction of sp³-hybridized carbons (Fsp3) is 0.500. The first kappa shape index (κ1) is 12.7. The van der Waals surface area contributed by atoms with E-state index in [2.05, 4.69) is 58.3 Å². The van der Waals surface area contributed by atoms with E-state index in [1.54, 1.807) is 0 Å². The molecule has 1 aromatic rings. The minimum absolute atomic E-state index is 0.990. The van der Waals surface area contributed by atoms with Gasteiger partial charge < -0.3 is 10.2 Å². The molecule has 0 saturated carbocycles. The van der Waals surface area contributed by atoms with Crippen LogP contribution in [0.25, 0.3) is 0 Å². The molecule has 0 unspecified atom stereocenters. The molecule has 0 aliphatic carbocycles. The molecule has 0 aromatic heterocycles. The molecule has 0 atom stereocenters. The highest BCUT2D eigenvalue weighted by Crippen LogP contribution is 2.21. The lowest BCUT2D eigenvalue weighted by Crippen LogP contribution is -2.27. The summed E-state index contributed by atoms with van der Waals surface area (Å²) < 4.78 is 1.24. The van der Waals surface area contributed by atoms with Crippen LogP contribution in [0.2, 0.25) is 0 Å². The summed E-state index contributed by atoms with van der Waals surface area (Å²) in [7, 11) is 4.13. The van der Waals surface area contributed by atoms with Crippen molar-refractivity contribution in [3.63, 3.8) is 0 Å². The Hall–Kier alpha value is -0.380. The third-order valence-corrected chi connectivity index (χ3v) is 3.59. The number of rotatable bonds is 5. The Bertz CT molecular complexity index is 312. The van der Waals surface area contributed by atoms with Crippen LogP contribution in [0.15, 0.2) is 22.7 Å². The summed E-state index contributed by atoms with van der Waals surface area (Å²) >= 11 is 3.63. The molecule has 0 heterocycles. The van der Waals surface area contributed by atoms with E-state index in [1.807, 2.05) is 7.05 Å². The van der Waals surface area contributed by atoms with Crippen molar-refractivity contribution < 1.29 is 0 Å². The smallest absolute Gasteiger partial charge is 0.0249 e. The van der Waals surface area contributed by atoms with E-state index in [4.69, 9.17) is 0 Å². The van der Waals surface area contributed by atoms with Crippen molar-refractivity contribution >= 4 is 15.9 Å². The summed E-state index contributed by atoms with van der Waals surface area (Å²) in [6.07, 6.45) is 0. The normalized spacial score (nSPS) is 11.0. The SMILES string of the molecule is CNCCN(C)Cc1cccc(C)c1Br. The Labute approximate surface area is 101 Å². The monoisotopic (exact) mass is 270 g/mol. The van der Waals surface area contributed by atoms with Gasteiger partial charge in [0.25, 0.3) is 0 Å². The Balaban J connectivity index is 2.60. The highest BCUT2D eigenvalue weighted by Gasteiger charge is 2.04. The zero-order valence-corrected chi connectivity index (χ0v) is 11.3. The first-order chi connectivity index (χ1) is 7.15. The van der Waals surface area contributed by atoms with Gasteiger partial charge >= 0.3 is 0 Å². The van der Waals surface area contributed by atoms with Gasteiger partial charge in [-0.3, -0.25) is 0 Å². The van der Waals surface area contributed by atoms with Crippen molar-refractivity contribution in [2.75, 3.05) is 27.2 Å². The lowest BCUT2D eigenvalue weighted by molar-refractivity contribution is 0.327. The molecule has 0 aliphatic heterocycles. The molecule has 2 nitrogen and oxygen atoms in total. The maximum atomic E-state index is 3.63. The van der Waals surface area contributed by atoms with E-state index >= 15 is 0 Å². The number of hydrogen-bond donors (Lipinski definition) is 1. The maximum absolute atomic E-state index is 3.63. The fourth-order valence-electron chi connectivity index (χ4n) is 1.50. The molecular weight excluding hydrogens is 252 g/mol. The van der Waals surface area contributed by atoms with Crippen molar-refractivity contribution in [3.8, 4) is 0 Å². The standard InChI is InChI=1S/C12H19BrN2/c1-10-5-4-6-11(12(10)13)9-15(3)8-7-14-2/h4-6,14H,7-9H2,1-3H3. The number of halogens is 1. The van der Waals surface area contributed by atoms with Crippen LogP contribution in [-0.4, -0.2) is 32.1 Å². The Morgan fingerprint density at radius 3 is 2.80 bits per heavy atom. The van der Waals surface area contributed by atoms with Gasteiger partial charge in [-0.05, 0) is 32.1 Å². The van der Waals surface area contributed by atoms with Crippen LogP contribution in [0.4, 0.5) is 0 Å². The van der Waals surface area contributed by atoms with E-state index in [1.165, 1.54) is 15.6 Å². The van der Waals surface area contributed by atoms with Gasteiger partial charge in [-0.15, -0.1) is 0 Å². The van der Waals surface area contributed by atoms with E-state index < -0.39 is 0 Å². The summed E-state index contributed by atoms with van der Waals surface area (Å²) in [5.41, 5.74) is 2.66. The van der Waals surface area contributed by atoms with Crippen LogP contribution in [-0.2, 0) is 6.54 Å². The zero-order chi connectivity index (χ0) is 11.3. The molecule has 0 amide bonds. The van der Waals surface area contributed by atoms with Crippen LogP contribution < -0.4 is 5.32 Å². The van der Waals surface area contributed by atoms with Crippen LogP contribution in [0, 0.1) is 6.92 Å². The molecule has 1 aromatic carbocycles. The largest absolute Gasteiger partial charge is 0.318 e. The summed E-state index contributed by atoms with van der Waals surface area (Å²) in [6, 6.07) is 6.41. The molecule has 84 valence electrons. The number of nitrogens with one attached hydrogen (secondary N) is 1. The van der Waals surface area contributed by atoms with Crippen molar-refractivity contribution in [3.05, 3.63) is 33.8 Å². The Morgan fingerprint density at radius 1 is 1.40 bits per heavy atom. The quantitative estimate of drug-likeness (QED) is 0.884. The van der Waals surface area contributed by atoms with Gasteiger partial charge in [0.1, 0.15) is 0 Å². The number of aryl methyl sites for hydroxylation is 1. The summed E-state index contributed by atoms with van der Waals surface area (Å²) in [4.78, 5) is 2.32. The average Bonchev–Trinajstić information content (AvgIpc) is 2.22. The first-order valence-corrected chi connectivity index (χ1v) is 6.01. The zero-order valence-electron chi connectivity index (χ0n) is 9.68. The predicted octanol–water partition coefficient (Wildman–Crippen LogP) is 2.41. The molecule has 0 spiro atoms. The van der Waals surface area contributed by atoms with Gasteiger partial charge in [0.05, 0.1) is 0 Å². The third kappa shape index (κ3) is 3.93. The minimum Gasteiger partial charge on any atom is -0.318 e. The van der Waals surface area contributed by atoms with Crippen molar-refractivity contribution in [1.82, 2.24) is 10.2 Å². The highest BCUT2D eigenvalue weighted by atomic mass is 79.9. The van der Waals surface area contributed by atoms with Gasteiger partial charge in [-0.2, -0.15) is 0 Å². The lowest BCUT2D eigenvalue weighted by atomic mass is 10.1. The predicted molar refractivity (Wildman–Crippen MR) is 69.1 cm³/mol. The second kappa shape index (κ2) is 6.26. The molecule has 0 radical (unpaired) electrons. The molecule has 1 N–H and O–H groups in total. The van der Waals surface area contributed by atoms with Gasteiger partial charge in [-0.1, -0.05) is 34.1 Å². The van der Waals surface area contributed by atoms with Gasteiger partial charge in [0, 0.05) is 24.1 Å². The lowest BCUT2D eigenvalue weighted by Gasteiger charge is -2.17. The molecule has 0 aliphatic rings. The van der Waals surface area contributed by atoms with E-state index in [-0.39, 0.29) is 0 Å². The second-order valence-corrected chi connectivity index (χ2v) is 4.68. The van der Waals surface area contributed by atoms with Crippen molar-refractivity contribution in [2.24, 2.45) is 0 Å². The maximum Gasteiger partial charge on any atom is 0.0249 e. The molecule has 0 bridgehead atoms. The van der Waals surface area contributed by atoms with E-state index in [0.717, 1.165) is 19.6 Å². The molecule has 0 saturated heterocycles.